The lowest BCUT2D eigenvalue weighted by molar-refractivity contribution is 0.0148. The second-order valence-corrected chi connectivity index (χ2v) is 8.19. The normalized spacial score (nSPS) is 21.4. The van der Waals surface area contributed by atoms with Gasteiger partial charge in [0.1, 0.15) is 17.1 Å². The van der Waals surface area contributed by atoms with Crippen LogP contribution < -0.4 is 10.2 Å². The molecular formula is C22H24Cl2FN7O2. The summed E-state index contributed by atoms with van der Waals surface area (Å²) in [6.45, 7) is 1.26. The summed E-state index contributed by atoms with van der Waals surface area (Å²) < 4.78 is 19.1. The third kappa shape index (κ3) is 5.51. The third-order valence-electron chi connectivity index (χ3n) is 6.04. The number of ether oxygens (including phenoxy) is 1. The number of nitrogens with one attached hydrogen (secondary N) is 1. The highest BCUT2D eigenvalue weighted by atomic mass is 35.5. The fourth-order valence-corrected chi connectivity index (χ4v) is 4.27. The molecule has 180 valence electrons. The van der Waals surface area contributed by atoms with Crippen LogP contribution in [0.4, 0.5) is 20.8 Å². The van der Waals surface area contributed by atoms with Crippen molar-refractivity contribution in [2.45, 2.75) is 31.3 Å². The van der Waals surface area contributed by atoms with Crippen LogP contribution in [0, 0.1) is 11.9 Å². The molecule has 1 aliphatic heterocycles. The number of pyridine rings is 1. The van der Waals surface area contributed by atoms with E-state index in [1.807, 2.05) is 6.07 Å². The van der Waals surface area contributed by atoms with Gasteiger partial charge in [0, 0.05) is 12.7 Å². The quantitative estimate of drug-likeness (QED) is 0.509. The monoisotopic (exact) mass is 507 g/mol. The third-order valence-corrected chi connectivity index (χ3v) is 6.04. The van der Waals surface area contributed by atoms with Crippen molar-refractivity contribution in [3.63, 3.8) is 0 Å². The Balaban J connectivity index is 0.00000162. The van der Waals surface area contributed by atoms with Gasteiger partial charge < -0.3 is 10.1 Å². The number of carbonyl (C=O) groups is 1. The summed E-state index contributed by atoms with van der Waals surface area (Å²) >= 11 is 0. The van der Waals surface area contributed by atoms with Crippen LogP contribution in [0.15, 0.2) is 48.7 Å². The molecule has 2 fully saturated rings. The topological polar surface area (TPSA) is 106 Å². The van der Waals surface area contributed by atoms with Crippen LogP contribution in [0.25, 0.3) is 11.4 Å². The van der Waals surface area contributed by atoms with Crippen molar-refractivity contribution in [2.75, 3.05) is 23.3 Å². The Morgan fingerprint density at radius 3 is 2.53 bits per heavy atom. The molecular weight excluding hydrogens is 484 g/mol. The first-order valence-corrected chi connectivity index (χ1v) is 10.6. The number of hydrogen-bond acceptors (Lipinski definition) is 8. The molecule has 1 saturated heterocycles. The molecule has 1 N–H and O–H groups in total. The zero-order valence-corrected chi connectivity index (χ0v) is 19.8. The van der Waals surface area contributed by atoms with Crippen LogP contribution in [0.5, 0.6) is 0 Å². The maximum absolute atomic E-state index is 13.3. The molecule has 34 heavy (non-hydrogen) atoms. The first-order chi connectivity index (χ1) is 15.6. The number of aromatic nitrogens is 5. The predicted molar refractivity (Wildman–Crippen MR) is 129 cm³/mol. The maximum Gasteiger partial charge on any atom is 0.416 e. The van der Waals surface area contributed by atoms with E-state index in [1.54, 1.807) is 41.4 Å². The highest BCUT2D eigenvalue weighted by molar-refractivity contribution is 5.89. The minimum absolute atomic E-state index is 0. The molecule has 5 rings (SSSR count). The Kier molecular flexibility index (Phi) is 8.16. The lowest BCUT2D eigenvalue weighted by atomic mass is 9.78. The van der Waals surface area contributed by atoms with Crippen molar-refractivity contribution in [3.8, 4) is 11.4 Å². The minimum atomic E-state index is -0.547. The van der Waals surface area contributed by atoms with Gasteiger partial charge in [0.25, 0.3) is 0 Å². The number of nitrogens with zero attached hydrogens (tertiary/aromatic N) is 6. The summed E-state index contributed by atoms with van der Waals surface area (Å²) in [4.78, 5) is 17.8. The van der Waals surface area contributed by atoms with Gasteiger partial charge in [-0.1, -0.05) is 6.07 Å². The van der Waals surface area contributed by atoms with Gasteiger partial charge in [0.05, 0.1) is 12.2 Å². The maximum atomic E-state index is 13.3. The molecule has 0 radical (unpaired) electrons. The van der Waals surface area contributed by atoms with Crippen LogP contribution in [0.3, 0.4) is 0 Å². The van der Waals surface area contributed by atoms with E-state index in [9.17, 15) is 9.18 Å². The van der Waals surface area contributed by atoms with E-state index in [0.717, 1.165) is 32.2 Å². The summed E-state index contributed by atoms with van der Waals surface area (Å²) in [5.74, 6) is 1.07. The lowest BCUT2D eigenvalue weighted by Crippen LogP contribution is -2.39. The largest absolute Gasteiger partial charge is 0.441 e. The zero-order chi connectivity index (χ0) is 22.0. The molecule has 1 aliphatic carbocycles. The number of hydrogen-bond donors (Lipinski definition) is 1. The number of anilines is 2. The van der Waals surface area contributed by atoms with E-state index >= 15 is 0 Å². The van der Waals surface area contributed by atoms with Crippen molar-refractivity contribution < 1.29 is 13.9 Å². The van der Waals surface area contributed by atoms with Gasteiger partial charge in [0.15, 0.2) is 5.82 Å². The van der Waals surface area contributed by atoms with Crippen LogP contribution in [-0.4, -0.2) is 50.2 Å². The van der Waals surface area contributed by atoms with E-state index in [1.165, 1.54) is 6.07 Å². The standard InChI is InChI=1S/C22H22FN7O2.2ClH/c23-18-4-1-3-16(26-18)17-6-7-19(28-27-17)24-13-15-8-10-22(11-9-15)14-30(21(31)32-22)20-5-2-12-25-29-20;;/h1-7,12,15H,8-11,13-14H2,(H,24,28);2*1H. The van der Waals surface area contributed by atoms with E-state index in [-0.39, 0.29) is 30.9 Å². The Morgan fingerprint density at radius 1 is 1.03 bits per heavy atom. The molecule has 0 unspecified atom stereocenters. The molecule has 0 atom stereocenters. The first kappa shape index (κ1) is 25.5. The van der Waals surface area contributed by atoms with Crippen LogP contribution in [0.2, 0.25) is 0 Å². The van der Waals surface area contributed by atoms with Gasteiger partial charge in [-0.3, -0.25) is 4.90 Å². The molecule has 0 aromatic carbocycles. The van der Waals surface area contributed by atoms with Gasteiger partial charge in [-0.25, -0.2) is 9.78 Å². The number of carbonyl (C=O) groups excluding carboxylic acids is 1. The molecule has 1 saturated carbocycles. The molecule has 0 bridgehead atoms. The molecule has 3 aromatic rings. The fourth-order valence-electron chi connectivity index (χ4n) is 4.27. The van der Waals surface area contributed by atoms with Gasteiger partial charge in [-0.15, -0.1) is 40.1 Å². The Morgan fingerprint density at radius 2 is 1.85 bits per heavy atom. The number of rotatable bonds is 5. The summed E-state index contributed by atoms with van der Waals surface area (Å²) in [6, 6.07) is 11.7. The van der Waals surface area contributed by atoms with Gasteiger partial charge in [-0.05, 0) is 68.0 Å². The van der Waals surface area contributed by atoms with Crippen molar-refractivity contribution in [1.82, 2.24) is 25.4 Å². The van der Waals surface area contributed by atoms with Crippen molar-refractivity contribution in [1.29, 1.82) is 0 Å². The molecule has 4 heterocycles. The van der Waals surface area contributed by atoms with Crippen LogP contribution >= 0.6 is 24.8 Å². The Bertz CT molecular complexity index is 1100. The molecule has 12 heteroatoms. The SMILES string of the molecule is Cl.Cl.O=C1OC2(CCC(CNc3ccc(-c4cccc(F)n4)nn3)CC2)CN1c1cccnn1. The number of halogens is 3. The zero-order valence-electron chi connectivity index (χ0n) is 18.1. The first-order valence-electron chi connectivity index (χ1n) is 10.6. The predicted octanol–water partition coefficient (Wildman–Crippen LogP) is 4.31. The fraction of sp³-hybridized carbons (Fsp3) is 0.364. The molecule has 3 aromatic heterocycles. The average Bonchev–Trinajstić information content (AvgIpc) is 3.15. The van der Waals surface area contributed by atoms with Gasteiger partial charge in [0.2, 0.25) is 5.95 Å². The highest BCUT2D eigenvalue weighted by Crippen LogP contribution is 2.40. The van der Waals surface area contributed by atoms with E-state index in [0.29, 0.717) is 35.5 Å². The van der Waals surface area contributed by atoms with Crippen LogP contribution in [0.1, 0.15) is 25.7 Å². The molecule has 2 aliphatic rings. The lowest BCUT2D eigenvalue weighted by Gasteiger charge is -2.35. The van der Waals surface area contributed by atoms with Gasteiger partial charge >= 0.3 is 6.09 Å². The summed E-state index contributed by atoms with van der Waals surface area (Å²) in [6.07, 6.45) is 4.70. The van der Waals surface area contributed by atoms with E-state index in [2.05, 4.69) is 30.7 Å². The second-order valence-electron chi connectivity index (χ2n) is 8.19. The van der Waals surface area contributed by atoms with Gasteiger partial charge in [-0.2, -0.15) is 9.49 Å². The number of amides is 1. The summed E-state index contributed by atoms with van der Waals surface area (Å²) in [5, 5.41) is 19.5. The molecule has 9 nitrogen and oxygen atoms in total. The van der Waals surface area contributed by atoms with Crippen LogP contribution in [-0.2, 0) is 4.74 Å². The Labute approximate surface area is 208 Å². The van der Waals surface area contributed by atoms with Crippen molar-refractivity contribution in [3.05, 3.63) is 54.6 Å². The highest BCUT2D eigenvalue weighted by Gasteiger charge is 2.48. The minimum Gasteiger partial charge on any atom is -0.441 e. The molecule has 1 amide bonds. The van der Waals surface area contributed by atoms with Crippen molar-refractivity contribution in [2.24, 2.45) is 5.92 Å². The molecule has 1 spiro atoms. The second kappa shape index (κ2) is 10.9. The smallest absolute Gasteiger partial charge is 0.416 e. The van der Waals surface area contributed by atoms with E-state index < -0.39 is 11.5 Å². The summed E-state index contributed by atoms with van der Waals surface area (Å²) in [7, 11) is 0. The summed E-state index contributed by atoms with van der Waals surface area (Å²) in [5.41, 5.74) is 0.512. The van der Waals surface area contributed by atoms with E-state index in [4.69, 9.17) is 4.74 Å². The van der Waals surface area contributed by atoms with Crippen molar-refractivity contribution >= 4 is 42.5 Å². The average molecular weight is 508 g/mol. The Hall–Kier alpha value is -3.11.